The van der Waals surface area contributed by atoms with Crippen molar-refractivity contribution in [1.82, 2.24) is 9.13 Å². The van der Waals surface area contributed by atoms with Crippen LogP contribution in [0.15, 0.2) is 75.6 Å². The average Bonchev–Trinajstić information content (AvgIpc) is 3.24. The van der Waals surface area contributed by atoms with Gasteiger partial charge in [-0.3, -0.25) is 14.2 Å². The van der Waals surface area contributed by atoms with Crippen LogP contribution in [-0.4, -0.2) is 21.6 Å². The summed E-state index contributed by atoms with van der Waals surface area (Å²) in [5.74, 6) is -0.215. The second kappa shape index (κ2) is 8.12. The summed E-state index contributed by atoms with van der Waals surface area (Å²) in [6, 6.07) is 18.3. The first-order chi connectivity index (χ1) is 14.5. The Labute approximate surface area is 177 Å². The van der Waals surface area contributed by atoms with Gasteiger partial charge in [-0.1, -0.05) is 36.4 Å². The van der Waals surface area contributed by atoms with E-state index in [4.69, 9.17) is 0 Å². The molecule has 0 radical (unpaired) electrons. The zero-order valence-electron chi connectivity index (χ0n) is 16.7. The van der Waals surface area contributed by atoms with Gasteiger partial charge in [-0.05, 0) is 49.1 Å². The molecular formula is C23H21N3O3S. The molecule has 0 saturated heterocycles. The number of hydrogen-bond donors (Lipinski definition) is 0. The van der Waals surface area contributed by atoms with Crippen molar-refractivity contribution in [2.24, 2.45) is 0 Å². The second-order valence-electron chi connectivity index (χ2n) is 6.90. The Hall–Kier alpha value is -3.45. The maximum atomic E-state index is 13.4. The fraction of sp³-hybridized carbons (Fsp3) is 0.174. The number of aryl methyl sites for hydroxylation is 1. The third-order valence-corrected chi connectivity index (χ3v) is 5.98. The fourth-order valence-electron chi connectivity index (χ4n) is 3.60. The fourth-order valence-corrected chi connectivity index (χ4v) is 4.42. The number of rotatable bonds is 5. The lowest BCUT2D eigenvalue weighted by atomic mass is 10.2. The molecule has 0 saturated carbocycles. The van der Waals surface area contributed by atoms with Crippen LogP contribution in [0.25, 0.3) is 15.9 Å². The quantitative estimate of drug-likeness (QED) is 0.497. The lowest BCUT2D eigenvalue weighted by molar-refractivity contribution is -0.119. The van der Waals surface area contributed by atoms with Gasteiger partial charge >= 0.3 is 5.69 Å². The molecule has 1 amide bonds. The Morgan fingerprint density at radius 2 is 1.70 bits per heavy atom. The summed E-state index contributed by atoms with van der Waals surface area (Å²) in [7, 11) is 0. The van der Waals surface area contributed by atoms with E-state index in [1.165, 1.54) is 20.5 Å². The van der Waals surface area contributed by atoms with Gasteiger partial charge in [0.25, 0.3) is 5.56 Å². The molecule has 4 aromatic rings. The smallest absolute Gasteiger partial charge is 0.311 e. The number of aromatic nitrogens is 2. The molecule has 0 aliphatic rings. The standard InChI is InChI=1S/C23H21N3O3S/c1-3-24(17-10-5-4-6-11-17)20(27)15-25-19-13-14-30-21(19)22(28)26(23(25)29)18-12-8-7-9-16(18)2/h4-14H,3,15H2,1-2H3. The van der Waals surface area contributed by atoms with Crippen molar-refractivity contribution in [3.63, 3.8) is 0 Å². The van der Waals surface area contributed by atoms with E-state index in [9.17, 15) is 14.4 Å². The first-order valence-electron chi connectivity index (χ1n) is 9.67. The van der Waals surface area contributed by atoms with Gasteiger partial charge in [-0.25, -0.2) is 9.36 Å². The van der Waals surface area contributed by atoms with Crippen LogP contribution in [0.5, 0.6) is 0 Å². The molecule has 0 aliphatic carbocycles. The Morgan fingerprint density at radius 3 is 2.40 bits per heavy atom. The van der Waals surface area contributed by atoms with Crippen molar-refractivity contribution in [1.29, 1.82) is 0 Å². The van der Waals surface area contributed by atoms with Gasteiger partial charge in [-0.2, -0.15) is 0 Å². The van der Waals surface area contributed by atoms with E-state index >= 15 is 0 Å². The number of fused-ring (bicyclic) bond motifs is 1. The molecule has 0 N–H and O–H groups in total. The van der Waals surface area contributed by atoms with Gasteiger partial charge in [0.2, 0.25) is 5.91 Å². The number of carbonyl (C=O) groups is 1. The molecule has 6 nitrogen and oxygen atoms in total. The van der Waals surface area contributed by atoms with Crippen LogP contribution < -0.4 is 16.1 Å². The summed E-state index contributed by atoms with van der Waals surface area (Å²) in [6.07, 6.45) is 0. The second-order valence-corrected chi connectivity index (χ2v) is 7.82. The van der Waals surface area contributed by atoms with Crippen LogP contribution >= 0.6 is 11.3 Å². The number of nitrogens with zero attached hydrogens (tertiary/aromatic N) is 3. The topological polar surface area (TPSA) is 64.3 Å². The van der Waals surface area contributed by atoms with Crippen molar-refractivity contribution in [3.8, 4) is 5.69 Å². The predicted molar refractivity (Wildman–Crippen MR) is 121 cm³/mol. The Kier molecular flexibility index (Phi) is 5.37. The largest absolute Gasteiger partial charge is 0.336 e. The first kappa shape index (κ1) is 19.8. The molecule has 0 fully saturated rings. The van der Waals surface area contributed by atoms with Crippen molar-refractivity contribution >= 4 is 33.1 Å². The molecule has 2 aromatic heterocycles. The van der Waals surface area contributed by atoms with E-state index in [-0.39, 0.29) is 18.0 Å². The maximum Gasteiger partial charge on any atom is 0.336 e. The molecule has 0 bridgehead atoms. The minimum Gasteiger partial charge on any atom is -0.311 e. The summed E-state index contributed by atoms with van der Waals surface area (Å²) in [5, 5.41) is 1.77. The van der Waals surface area contributed by atoms with Gasteiger partial charge in [0.15, 0.2) is 0 Å². The SMILES string of the molecule is CCN(C(=O)Cn1c(=O)n(-c2ccccc2C)c(=O)c2sccc21)c1ccccc1. The van der Waals surface area contributed by atoms with Crippen LogP contribution in [0.1, 0.15) is 12.5 Å². The van der Waals surface area contributed by atoms with Crippen molar-refractivity contribution in [2.45, 2.75) is 20.4 Å². The Bertz CT molecular complexity index is 1340. The predicted octanol–water partition coefficient (Wildman–Crippen LogP) is 3.58. The molecule has 152 valence electrons. The van der Waals surface area contributed by atoms with Gasteiger partial charge in [0, 0.05) is 12.2 Å². The lowest BCUT2D eigenvalue weighted by Crippen LogP contribution is -2.42. The summed E-state index contributed by atoms with van der Waals surface area (Å²) >= 11 is 1.27. The van der Waals surface area contributed by atoms with E-state index in [2.05, 4.69) is 0 Å². The molecule has 0 unspecified atom stereocenters. The lowest BCUT2D eigenvalue weighted by Gasteiger charge is -2.22. The summed E-state index contributed by atoms with van der Waals surface area (Å²) in [4.78, 5) is 41.3. The molecule has 0 atom stereocenters. The van der Waals surface area contributed by atoms with Crippen LogP contribution in [0.2, 0.25) is 0 Å². The minimum absolute atomic E-state index is 0.152. The van der Waals surface area contributed by atoms with Crippen molar-refractivity contribution < 1.29 is 4.79 Å². The van der Waals surface area contributed by atoms with E-state index < -0.39 is 5.69 Å². The zero-order valence-corrected chi connectivity index (χ0v) is 17.6. The molecule has 0 spiro atoms. The minimum atomic E-state index is -0.516. The Balaban J connectivity index is 1.87. The van der Waals surface area contributed by atoms with E-state index in [0.29, 0.717) is 22.4 Å². The normalized spacial score (nSPS) is 11.0. The third kappa shape index (κ3) is 3.37. The highest BCUT2D eigenvalue weighted by Crippen LogP contribution is 2.19. The maximum absolute atomic E-state index is 13.4. The van der Waals surface area contributed by atoms with Crippen molar-refractivity contribution in [2.75, 3.05) is 11.4 Å². The van der Waals surface area contributed by atoms with Gasteiger partial charge in [-0.15, -0.1) is 11.3 Å². The summed E-state index contributed by atoms with van der Waals surface area (Å²) < 4.78 is 3.02. The van der Waals surface area contributed by atoms with Crippen LogP contribution in [-0.2, 0) is 11.3 Å². The molecule has 30 heavy (non-hydrogen) atoms. The van der Waals surface area contributed by atoms with Crippen LogP contribution in [0, 0.1) is 6.92 Å². The number of para-hydroxylation sites is 2. The molecule has 2 heterocycles. The summed E-state index contributed by atoms with van der Waals surface area (Å²) in [5.41, 5.74) is 1.71. The third-order valence-electron chi connectivity index (χ3n) is 5.09. The first-order valence-corrected chi connectivity index (χ1v) is 10.6. The van der Waals surface area contributed by atoms with E-state index in [1.807, 2.05) is 56.3 Å². The number of thiophene rings is 1. The van der Waals surface area contributed by atoms with E-state index in [0.717, 1.165) is 11.3 Å². The number of likely N-dealkylation sites (N-methyl/N-ethyl adjacent to an activating group) is 1. The number of carbonyl (C=O) groups excluding carboxylic acids is 1. The molecule has 7 heteroatoms. The average molecular weight is 420 g/mol. The highest BCUT2D eigenvalue weighted by Gasteiger charge is 2.21. The Morgan fingerprint density at radius 1 is 1.00 bits per heavy atom. The van der Waals surface area contributed by atoms with Gasteiger partial charge in [0.1, 0.15) is 11.2 Å². The van der Waals surface area contributed by atoms with E-state index in [1.54, 1.807) is 28.5 Å². The molecule has 4 rings (SSSR count). The zero-order chi connectivity index (χ0) is 21.3. The number of amides is 1. The van der Waals surface area contributed by atoms with Crippen LogP contribution in [0.3, 0.4) is 0 Å². The van der Waals surface area contributed by atoms with Crippen LogP contribution in [0.4, 0.5) is 5.69 Å². The van der Waals surface area contributed by atoms with Crippen molar-refractivity contribution in [3.05, 3.63) is 92.4 Å². The monoisotopic (exact) mass is 419 g/mol. The number of benzene rings is 2. The number of anilines is 1. The van der Waals surface area contributed by atoms with Gasteiger partial charge < -0.3 is 4.90 Å². The van der Waals surface area contributed by atoms with Gasteiger partial charge in [0.05, 0.1) is 11.2 Å². The highest BCUT2D eigenvalue weighted by atomic mass is 32.1. The molecular weight excluding hydrogens is 398 g/mol. The molecule has 0 aliphatic heterocycles. The number of hydrogen-bond acceptors (Lipinski definition) is 4. The summed E-state index contributed by atoms with van der Waals surface area (Å²) in [6.45, 7) is 4.06. The highest BCUT2D eigenvalue weighted by molar-refractivity contribution is 7.17. The molecule has 2 aromatic carbocycles.